The van der Waals surface area contributed by atoms with Crippen molar-refractivity contribution in [2.75, 3.05) is 0 Å². The van der Waals surface area contributed by atoms with Crippen LogP contribution < -0.4 is 4.91 Å². The summed E-state index contributed by atoms with van der Waals surface area (Å²) in [5, 5.41) is 16.4. The van der Waals surface area contributed by atoms with Crippen LogP contribution in [0.5, 0.6) is 5.75 Å². The fraction of sp³-hybridized carbons (Fsp3) is 0.0909. The molecule has 0 aliphatic heterocycles. The number of phenolic OH excluding ortho intramolecular Hbond substituents is 1. The number of para-hydroxylation sites is 1. The molecule has 0 unspecified atom stereocenters. The Balaban J connectivity index is 2.16. The Hall–Kier alpha value is -2.58. The largest absolute Gasteiger partial charge is 0.507 e. The zero-order valence-electron chi connectivity index (χ0n) is 10.1. The number of halogens is 3. The van der Waals surface area contributed by atoms with Crippen LogP contribution in [0.4, 0.5) is 18.3 Å². The minimum Gasteiger partial charge on any atom is -0.507 e. The van der Waals surface area contributed by atoms with Crippen molar-refractivity contribution in [2.24, 2.45) is 10.2 Å². The monoisotopic (exact) mass is 315 g/mol. The molecule has 0 saturated carbocycles. The van der Waals surface area contributed by atoms with E-state index >= 15 is 0 Å². The van der Waals surface area contributed by atoms with E-state index in [0.29, 0.717) is 11.3 Å². The first kappa shape index (κ1) is 14.8. The molecule has 0 aliphatic carbocycles. The highest BCUT2D eigenvalue weighted by Gasteiger charge is 2.34. The molecule has 0 bridgehead atoms. The Bertz CT molecular complexity index is 735. The van der Waals surface area contributed by atoms with Gasteiger partial charge in [-0.25, -0.2) is 4.98 Å². The number of benzene rings is 1. The van der Waals surface area contributed by atoms with Crippen molar-refractivity contribution in [2.45, 2.75) is 6.18 Å². The van der Waals surface area contributed by atoms with Gasteiger partial charge in [0.2, 0.25) is 10.0 Å². The van der Waals surface area contributed by atoms with Crippen molar-refractivity contribution in [1.82, 2.24) is 9.90 Å². The van der Waals surface area contributed by atoms with Crippen molar-refractivity contribution in [3.05, 3.63) is 40.9 Å². The minimum absolute atomic E-state index is 0.0911. The maximum atomic E-state index is 12.3. The number of alkyl halides is 3. The SMILES string of the molecule is O=C(N=[N+]=Nc1nc(C(F)(F)F)cs1)c1ccccc1O. The van der Waals surface area contributed by atoms with E-state index in [0.717, 1.165) is 5.38 Å². The topological polar surface area (TPSA) is 89.0 Å². The van der Waals surface area contributed by atoms with Crippen LogP contribution in [0.15, 0.2) is 39.9 Å². The number of carbonyl (C=O) groups excluding carboxylic acids is 1. The lowest BCUT2D eigenvalue weighted by Gasteiger charge is -1.98. The van der Waals surface area contributed by atoms with Crippen LogP contribution in [0.2, 0.25) is 0 Å². The van der Waals surface area contributed by atoms with Gasteiger partial charge in [-0.3, -0.25) is 4.79 Å². The molecule has 1 amide bonds. The highest BCUT2D eigenvalue weighted by atomic mass is 32.1. The van der Waals surface area contributed by atoms with Crippen molar-refractivity contribution in [3.63, 3.8) is 0 Å². The van der Waals surface area contributed by atoms with Gasteiger partial charge < -0.3 is 5.11 Å². The first-order chi connectivity index (χ1) is 9.88. The van der Waals surface area contributed by atoms with E-state index < -0.39 is 17.8 Å². The molecule has 21 heavy (non-hydrogen) atoms. The van der Waals surface area contributed by atoms with Gasteiger partial charge >= 0.3 is 12.1 Å². The molecule has 2 aromatic rings. The first-order valence-corrected chi connectivity index (χ1v) is 6.22. The van der Waals surface area contributed by atoms with E-state index in [1.807, 2.05) is 0 Å². The molecule has 0 saturated heterocycles. The third kappa shape index (κ3) is 3.71. The number of hydrogen-bond acceptors (Lipinski definition) is 5. The number of aromatic hydroxyl groups is 1. The van der Waals surface area contributed by atoms with E-state index in [9.17, 15) is 23.1 Å². The van der Waals surface area contributed by atoms with Gasteiger partial charge in [0.1, 0.15) is 5.75 Å². The van der Waals surface area contributed by atoms with Crippen LogP contribution in [0, 0.1) is 0 Å². The van der Waals surface area contributed by atoms with E-state index in [-0.39, 0.29) is 16.4 Å². The minimum atomic E-state index is -4.56. The van der Waals surface area contributed by atoms with E-state index in [1.165, 1.54) is 24.3 Å². The Morgan fingerprint density at radius 2 is 2.05 bits per heavy atom. The average Bonchev–Trinajstić information content (AvgIpc) is 2.88. The molecule has 108 valence electrons. The molecule has 1 N–H and O–H groups in total. The summed E-state index contributed by atoms with van der Waals surface area (Å²) in [5.41, 5.74) is -1.18. The van der Waals surface area contributed by atoms with Crippen LogP contribution in [0.3, 0.4) is 0 Å². The van der Waals surface area contributed by atoms with Crippen LogP contribution >= 0.6 is 11.3 Å². The number of nitrogens with zero attached hydrogens (tertiary/aromatic N) is 4. The van der Waals surface area contributed by atoms with Crippen LogP contribution in [0.1, 0.15) is 16.1 Å². The van der Waals surface area contributed by atoms with Crippen molar-refractivity contribution in [3.8, 4) is 5.75 Å². The number of aromatic nitrogens is 1. The molecule has 2 rings (SSSR count). The predicted octanol–water partition coefficient (Wildman–Crippen LogP) is 3.31. The van der Waals surface area contributed by atoms with Gasteiger partial charge in [0.05, 0.1) is 5.56 Å². The second-order valence-electron chi connectivity index (χ2n) is 3.62. The molecule has 0 fully saturated rings. The number of amides is 1. The summed E-state index contributed by atoms with van der Waals surface area (Å²) >= 11 is 0.615. The molecule has 6 nitrogen and oxygen atoms in total. The molecule has 10 heteroatoms. The zero-order chi connectivity index (χ0) is 15.5. The van der Waals surface area contributed by atoms with Crippen molar-refractivity contribution >= 4 is 22.4 Å². The van der Waals surface area contributed by atoms with Gasteiger partial charge in [0.25, 0.3) is 5.13 Å². The van der Waals surface area contributed by atoms with Crippen LogP contribution in [-0.2, 0) is 6.18 Å². The smallest absolute Gasteiger partial charge is 0.434 e. The lowest BCUT2D eigenvalue weighted by molar-refractivity contribution is -0.140. The molecule has 0 atom stereocenters. The molecule has 0 spiro atoms. The zero-order valence-corrected chi connectivity index (χ0v) is 10.9. The van der Waals surface area contributed by atoms with E-state index in [1.54, 1.807) is 0 Å². The fourth-order valence-electron chi connectivity index (χ4n) is 1.25. The summed E-state index contributed by atoms with van der Waals surface area (Å²) in [6, 6.07) is 5.64. The molecule has 1 heterocycles. The second-order valence-corrected chi connectivity index (χ2v) is 4.46. The van der Waals surface area contributed by atoms with E-state index in [4.69, 9.17) is 0 Å². The van der Waals surface area contributed by atoms with Crippen LogP contribution in [0.25, 0.3) is 0 Å². The normalized spacial score (nSPS) is 10.8. The number of hydrogen-bond donors (Lipinski definition) is 1. The summed E-state index contributed by atoms with van der Waals surface area (Å²) in [4.78, 5) is 17.8. The third-order valence-electron chi connectivity index (χ3n) is 2.18. The number of phenols is 1. The average molecular weight is 315 g/mol. The molecular weight excluding hydrogens is 309 g/mol. The van der Waals surface area contributed by atoms with Gasteiger partial charge in [-0.2, -0.15) is 13.2 Å². The Morgan fingerprint density at radius 3 is 2.67 bits per heavy atom. The molecule has 1 aromatic heterocycles. The van der Waals surface area contributed by atoms with Crippen molar-refractivity contribution in [1.29, 1.82) is 0 Å². The molecular formula is C11H6F3N4O2S+. The van der Waals surface area contributed by atoms with Crippen LogP contribution in [-0.4, -0.2) is 16.0 Å². The highest BCUT2D eigenvalue weighted by Crippen LogP contribution is 2.32. The quantitative estimate of drug-likeness (QED) is 0.681. The van der Waals surface area contributed by atoms with Gasteiger partial charge in [-0.15, -0.1) is 0 Å². The van der Waals surface area contributed by atoms with E-state index in [2.05, 4.69) is 20.1 Å². The number of carbonyl (C=O) groups is 1. The molecule has 0 aliphatic rings. The van der Waals surface area contributed by atoms with Gasteiger partial charge in [-0.1, -0.05) is 23.5 Å². The van der Waals surface area contributed by atoms with Gasteiger partial charge in [-0.05, 0) is 12.1 Å². The number of rotatable bonds is 2. The Labute approximate surface area is 119 Å². The Kier molecular flexibility index (Phi) is 4.10. The summed E-state index contributed by atoms with van der Waals surface area (Å²) in [6.07, 6.45) is -4.56. The lowest BCUT2D eigenvalue weighted by Crippen LogP contribution is -2.04. The maximum absolute atomic E-state index is 12.3. The summed E-state index contributed by atoms with van der Waals surface area (Å²) in [6.45, 7) is 0. The van der Waals surface area contributed by atoms with Gasteiger partial charge in [0.15, 0.2) is 10.8 Å². The Morgan fingerprint density at radius 1 is 1.33 bits per heavy atom. The van der Waals surface area contributed by atoms with Gasteiger partial charge in [0, 0.05) is 5.38 Å². The predicted molar refractivity (Wildman–Crippen MR) is 66.2 cm³/mol. The first-order valence-electron chi connectivity index (χ1n) is 5.34. The van der Waals surface area contributed by atoms with Crippen molar-refractivity contribution < 1.29 is 23.1 Å². The summed E-state index contributed by atoms with van der Waals surface area (Å²) < 4.78 is 36.9. The standard InChI is InChI=1S/C11H5F3N4O2S/c12-11(13,14)8-5-21-10(15-8)17-18-16-9(20)6-3-1-2-4-7(6)19/h1-5H/p+1. The summed E-state index contributed by atoms with van der Waals surface area (Å²) in [5.74, 6) is -1.15. The highest BCUT2D eigenvalue weighted by molar-refractivity contribution is 7.13. The molecule has 1 aromatic carbocycles. The lowest BCUT2D eigenvalue weighted by atomic mass is 10.2. The third-order valence-corrected chi connectivity index (χ3v) is 2.91. The molecule has 0 radical (unpaired) electrons. The fourth-order valence-corrected chi connectivity index (χ4v) is 1.89. The maximum Gasteiger partial charge on any atom is 0.434 e. The summed E-state index contributed by atoms with van der Waals surface area (Å²) in [7, 11) is 0. The number of thiazole rings is 1. The second kappa shape index (κ2) is 5.81.